The van der Waals surface area contributed by atoms with Crippen molar-refractivity contribution in [2.75, 3.05) is 13.1 Å². The molecule has 1 unspecified atom stereocenters. The van der Waals surface area contributed by atoms with E-state index in [-0.39, 0.29) is 5.54 Å². The fourth-order valence-corrected chi connectivity index (χ4v) is 3.34. The van der Waals surface area contributed by atoms with Gasteiger partial charge in [0.05, 0.1) is 16.4 Å². The number of hydrogen-bond acceptors (Lipinski definition) is 3. The summed E-state index contributed by atoms with van der Waals surface area (Å²) in [6.07, 6.45) is 1.21. The molecule has 1 aromatic heterocycles. The molecule has 4 nitrogen and oxygen atoms in total. The van der Waals surface area contributed by atoms with Crippen LogP contribution in [0.4, 0.5) is 0 Å². The molecule has 0 aliphatic carbocycles. The third-order valence-corrected chi connectivity index (χ3v) is 4.97. The van der Waals surface area contributed by atoms with Crippen LogP contribution in [0.5, 0.6) is 0 Å². The van der Waals surface area contributed by atoms with E-state index in [4.69, 9.17) is 11.6 Å². The molecule has 0 saturated carbocycles. The van der Waals surface area contributed by atoms with Crippen LogP contribution in [-0.2, 0) is 13.6 Å². The molecule has 1 aliphatic rings. The number of aromatic nitrogens is 2. The lowest BCUT2D eigenvalue weighted by Crippen LogP contribution is -2.61. The normalized spacial score (nSPS) is 23.0. The first-order valence-corrected chi connectivity index (χ1v) is 8.25. The maximum absolute atomic E-state index is 6.42. The second-order valence-electron chi connectivity index (χ2n) is 7.37. The molecule has 1 aliphatic heterocycles. The molecule has 5 heteroatoms. The van der Waals surface area contributed by atoms with Crippen molar-refractivity contribution in [2.24, 2.45) is 13.0 Å². The second-order valence-corrected chi connectivity index (χ2v) is 7.75. The summed E-state index contributed by atoms with van der Waals surface area (Å²) in [5.41, 5.74) is 2.17. The highest BCUT2D eigenvalue weighted by Gasteiger charge is 2.35. The van der Waals surface area contributed by atoms with Crippen molar-refractivity contribution in [1.82, 2.24) is 20.0 Å². The number of nitrogens with one attached hydrogen (secondary N) is 1. The Labute approximate surface area is 133 Å². The smallest absolute Gasteiger partial charge is 0.0860 e. The van der Waals surface area contributed by atoms with Gasteiger partial charge in [0, 0.05) is 38.3 Å². The average molecular weight is 313 g/mol. The van der Waals surface area contributed by atoms with E-state index in [0.717, 1.165) is 36.0 Å². The molecule has 1 fully saturated rings. The summed E-state index contributed by atoms with van der Waals surface area (Å²) >= 11 is 6.42. The van der Waals surface area contributed by atoms with Gasteiger partial charge in [0.2, 0.25) is 0 Å². The minimum absolute atomic E-state index is 0.134. The van der Waals surface area contributed by atoms with Crippen LogP contribution in [0.1, 0.15) is 45.5 Å². The fourth-order valence-electron chi connectivity index (χ4n) is 3.12. The van der Waals surface area contributed by atoms with Gasteiger partial charge in [-0.2, -0.15) is 5.10 Å². The van der Waals surface area contributed by atoms with E-state index < -0.39 is 0 Å². The predicted octanol–water partition coefficient (Wildman–Crippen LogP) is 2.98. The van der Waals surface area contributed by atoms with Gasteiger partial charge in [0.15, 0.2) is 0 Å². The molecule has 0 bridgehead atoms. The zero-order valence-electron chi connectivity index (χ0n) is 14.2. The van der Waals surface area contributed by atoms with Crippen LogP contribution < -0.4 is 5.32 Å². The van der Waals surface area contributed by atoms with E-state index in [1.54, 1.807) is 0 Å². The molecule has 0 spiro atoms. The van der Waals surface area contributed by atoms with Crippen LogP contribution in [0.15, 0.2) is 0 Å². The van der Waals surface area contributed by atoms with Gasteiger partial charge < -0.3 is 5.32 Å². The molecule has 1 aromatic rings. The van der Waals surface area contributed by atoms with E-state index >= 15 is 0 Å². The van der Waals surface area contributed by atoms with Crippen LogP contribution >= 0.6 is 11.6 Å². The lowest BCUT2D eigenvalue weighted by atomic mass is 9.93. The molecule has 1 saturated heterocycles. The molecule has 1 atom stereocenters. The quantitative estimate of drug-likeness (QED) is 0.928. The van der Waals surface area contributed by atoms with Gasteiger partial charge in [-0.1, -0.05) is 25.4 Å². The number of nitrogens with zero attached hydrogens (tertiary/aromatic N) is 3. The monoisotopic (exact) mass is 312 g/mol. The Bertz CT molecular complexity index is 493. The van der Waals surface area contributed by atoms with E-state index in [9.17, 15) is 0 Å². The van der Waals surface area contributed by atoms with E-state index in [2.05, 4.69) is 43.0 Å². The Balaban J connectivity index is 2.14. The third-order valence-electron chi connectivity index (χ3n) is 4.48. The fraction of sp³-hybridized carbons (Fsp3) is 0.812. The lowest BCUT2D eigenvalue weighted by Gasteiger charge is -2.46. The standard InChI is InChI=1S/C16H29ClN4/c1-11(2)7-13-8-21(16(4,5)10-18-13)9-14-15(17)12(3)19-20(14)6/h11,13,18H,7-10H2,1-6H3. The number of rotatable bonds is 4. The summed E-state index contributed by atoms with van der Waals surface area (Å²) in [5, 5.41) is 8.94. The van der Waals surface area contributed by atoms with E-state index in [0.29, 0.717) is 12.0 Å². The zero-order valence-corrected chi connectivity index (χ0v) is 15.0. The van der Waals surface area contributed by atoms with Gasteiger partial charge in [-0.25, -0.2) is 0 Å². The van der Waals surface area contributed by atoms with Crippen LogP contribution in [0.25, 0.3) is 0 Å². The Morgan fingerprint density at radius 1 is 1.43 bits per heavy atom. The molecule has 120 valence electrons. The first-order valence-electron chi connectivity index (χ1n) is 7.87. The molecule has 0 radical (unpaired) electrons. The van der Waals surface area contributed by atoms with Crippen molar-refractivity contribution in [3.05, 3.63) is 16.4 Å². The summed E-state index contributed by atoms with van der Waals surface area (Å²) < 4.78 is 1.92. The van der Waals surface area contributed by atoms with Crippen LogP contribution in [0.3, 0.4) is 0 Å². The Kier molecular flexibility index (Phi) is 5.01. The van der Waals surface area contributed by atoms with Crippen LogP contribution in [0, 0.1) is 12.8 Å². The summed E-state index contributed by atoms with van der Waals surface area (Å²) in [4.78, 5) is 2.54. The van der Waals surface area contributed by atoms with E-state index in [1.807, 2.05) is 18.7 Å². The van der Waals surface area contributed by atoms with Gasteiger partial charge in [0.25, 0.3) is 0 Å². The van der Waals surface area contributed by atoms with Crippen molar-refractivity contribution in [3.63, 3.8) is 0 Å². The number of piperazine rings is 1. The van der Waals surface area contributed by atoms with Crippen LogP contribution in [-0.4, -0.2) is 39.4 Å². The molecule has 2 heterocycles. The highest BCUT2D eigenvalue weighted by Crippen LogP contribution is 2.27. The van der Waals surface area contributed by atoms with Crippen molar-refractivity contribution in [2.45, 2.75) is 59.2 Å². The lowest BCUT2D eigenvalue weighted by molar-refractivity contribution is 0.0515. The van der Waals surface area contributed by atoms with Crippen molar-refractivity contribution in [1.29, 1.82) is 0 Å². The van der Waals surface area contributed by atoms with Crippen molar-refractivity contribution < 1.29 is 0 Å². The Morgan fingerprint density at radius 3 is 2.62 bits per heavy atom. The van der Waals surface area contributed by atoms with E-state index in [1.165, 1.54) is 6.42 Å². The molecular weight excluding hydrogens is 284 g/mol. The van der Waals surface area contributed by atoms with Crippen molar-refractivity contribution >= 4 is 11.6 Å². The summed E-state index contributed by atoms with van der Waals surface area (Å²) in [7, 11) is 1.98. The number of halogens is 1. The second kappa shape index (κ2) is 6.27. The maximum atomic E-state index is 6.42. The van der Waals surface area contributed by atoms with Gasteiger partial charge >= 0.3 is 0 Å². The molecule has 0 aromatic carbocycles. The van der Waals surface area contributed by atoms with Gasteiger partial charge in [-0.15, -0.1) is 0 Å². The molecule has 2 rings (SSSR count). The summed E-state index contributed by atoms with van der Waals surface area (Å²) in [6, 6.07) is 0.561. The minimum atomic E-state index is 0.134. The number of hydrogen-bond donors (Lipinski definition) is 1. The predicted molar refractivity (Wildman–Crippen MR) is 88.7 cm³/mol. The number of aryl methyl sites for hydroxylation is 2. The highest BCUT2D eigenvalue weighted by atomic mass is 35.5. The maximum Gasteiger partial charge on any atom is 0.0860 e. The first kappa shape index (κ1) is 16.8. The highest BCUT2D eigenvalue weighted by molar-refractivity contribution is 6.31. The SMILES string of the molecule is Cc1nn(C)c(CN2CC(CC(C)C)NCC2(C)C)c1Cl. The summed E-state index contributed by atoms with van der Waals surface area (Å²) in [6.45, 7) is 14.1. The summed E-state index contributed by atoms with van der Waals surface area (Å²) in [5.74, 6) is 0.716. The Hall–Kier alpha value is -0.580. The van der Waals surface area contributed by atoms with Gasteiger partial charge in [0.1, 0.15) is 0 Å². The molecule has 1 N–H and O–H groups in total. The van der Waals surface area contributed by atoms with Gasteiger partial charge in [-0.3, -0.25) is 9.58 Å². The molecular formula is C16H29ClN4. The molecule has 21 heavy (non-hydrogen) atoms. The topological polar surface area (TPSA) is 33.1 Å². The zero-order chi connectivity index (χ0) is 15.8. The first-order chi connectivity index (χ1) is 9.70. The van der Waals surface area contributed by atoms with Crippen LogP contribution in [0.2, 0.25) is 5.02 Å². The largest absolute Gasteiger partial charge is 0.311 e. The molecule has 0 amide bonds. The average Bonchev–Trinajstić information content (AvgIpc) is 2.59. The minimum Gasteiger partial charge on any atom is -0.311 e. The Morgan fingerprint density at radius 2 is 2.10 bits per heavy atom. The van der Waals surface area contributed by atoms with Gasteiger partial charge in [-0.05, 0) is 33.1 Å². The third kappa shape index (κ3) is 3.79. The van der Waals surface area contributed by atoms with Crippen molar-refractivity contribution in [3.8, 4) is 0 Å².